The molecule has 4 rings (SSSR count). The second kappa shape index (κ2) is 7.46. The van der Waals surface area contributed by atoms with E-state index >= 15 is 0 Å². The van der Waals surface area contributed by atoms with Crippen molar-refractivity contribution in [3.8, 4) is 11.3 Å². The first-order chi connectivity index (χ1) is 13.8. The SMILES string of the molecule is Cc1ccc(-c2cc(C(F)(F)F)n3nc(C(=O)NC4CCCCC4)nc3n2)cc1. The summed E-state index contributed by atoms with van der Waals surface area (Å²) in [7, 11) is 0. The molecule has 1 aliphatic rings. The van der Waals surface area contributed by atoms with Crippen LogP contribution in [-0.2, 0) is 6.18 Å². The topological polar surface area (TPSA) is 72.2 Å². The number of nitrogens with one attached hydrogen (secondary N) is 1. The molecule has 1 amide bonds. The van der Waals surface area contributed by atoms with Crippen molar-refractivity contribution in [3.63, 3.8) is 0 Å². The number of amides is 1. The zero-order valence-electron chi connectivity index (χ0n) is 15.8. The number of carbonyl (C=O) groups is 1. The van der Waals surface area contributed by atoms with E-state index in [9.17, 15) is 18.0 Å². The molecule has 9 heteroatoms. The minimum Gasteiger partial charge on any atom is -0.347 e. The largest absolute Gasteiger partial charge is 0.433 e. The van der Waals surface area contributed by atoms with Crippen molar-refractivity contribution in [1.82, 2.24) is 24.9 Å². The lowest BCUT2D eigenvalue weighted by molar-refractivity contribution is -0.142. The van der Waals surface area contributed by atoms with Crippen molar-refractivity contribution in [2.75, 3.05) is 0 Å². The fourth-order valence-electron chi connectivity index (χ4n) is 3.54. The van der Waals surface area contributed by atoms with Gasteiger partial charge < -0.3 is 5.32 Å². The van der Waals surface area contributed by atoms with E-state index in [0.717, 1.165) is 43.7 Å². The van der Waals surface area contributed by atoms with Gasteiger partial charge in [-0.3, -0.25) is 4.79 Å². The molecule has 0 bridgehead atoms. The number of rotatable bonds is 3. The van der Waals surface area contributed by atoms with Crippen LogP contribution in [0.25, 0.3) is 17.0 Å². The number of carbonyl (C=O) groups excluding carboxylic acids is 1. The molecule has 152 valence electrons. The molecule has 0 radical (unpaired) electrons. The molecule has 1 N–H and O–H groups in total. The lowest BCUT2D eigenvalue weighted by Crippen LogP contribution is -2.36. The highest BCUT2D eigenvalue weighted by Crippen LogP contribution is 2.32. The number of nitrogens with zero attached hydrogens (tertiary/aromatic N) is 4. The van der Waals surface area contributed by atoms with Gasteiger partial charge >= 0.3 is 6.18 Å². The molecule has 29 heavy (non-hydrogen) atoms. The minimum atomic E-state index is -4.68. The highest BCUT2D eigenvalue weighted by molar-refractivity contribution is 5.91. The van der Waals surface area contributed by atoms with Crippen molar-refractivity contribution >= 4 is 11.7 Å². The van der Waals surface area contributed by atoms with E-state index in [4.69, 9.17) is 0 Å². The summed E-state index contributed by atoms with van der Waals surface area (Å²) in [4.78, 5) is 20.7. The number of benzene rings is 1. The summed E-state index contributed by atoms with van der Waals surface area (Å²) in [6.45, 7) is 1.89. The number of fused-ring (bicyclic) bond motifs is 1. The molecule has 0 saturated heterocycles. The van der Waals surface area contributed by atoms with Crippen molar-refractivity contribution in [3.05, 3.63) is 47.4 Å². The molecule has 0 spiro atoms. The van der Waals surface area contributed by atoms with Gasteiger partial charge in [-0.2, -0.15) is 22.7 Å². The van der Waals surface area contributed by atoms with Gasteiger partial charge in [0.05, 0.1) is 5.69 Å². The monoisotopic (exact) mass is 403 g/mol. The van der Waals surface area contributed by atoms with Gasteiger partial charge in [-0.15, -0.1) is 5.10 Å². The Hall–Kier alpha value is -2.97. The summed E-state index contributed by atoms with van der Waals surface area (Å²) in [5, 5.41) is 6.63. The third-order valence-electron chi connectivity index (χ3n) is 5.09. The first-order valence-electron chi connectivity index (χ1n) is 9.54. The molecule has 1 saturated carbocycles. The summed E-state index contributed by atoms with van der Waals surface area (Å²) in [5.74, 6) is -1.15. The molecular formula is C20H20F3N5O. The van der Waals surface area contributed by atoms with E-state index < -0.39 is 17.8 Å². The average molecular weight is 403 g/mol. The van der Waals surface area contributed by atoms with E-state index in [1.165, 1.54) is 0 Å². The third kappa shape index (κ3) is 4.08. The Kier molecular flexibility index (Phi) is 4.97. The second-order valence-electron chi connectivity index (χ2n) is 7.35. The van der Waals surface area contributed by atoms with Gasteiger partial charge in [0, 0.05) is 11.6 Å². The average Bonchev–Trinajstić information content (AvgIpc) is 3.12. The standard InChI is InChI=1S/C20H20F3N5O/c1-12-7-9-13(10-8-12)15-11-16(20(21,22)23)28-19(25-15)26-17(27-28)18(29)24-14-5-3-2-4-6-14/h7-11,14H,2-6H2,1H3,(H,24,29). The first kappa shape index (κ1) is 19.4. The van der Waals surface area contributed by atoms with Crippen LogP contribution in [0.3, 0.4) is 0 Å². The lowest BCUT2D eigenvalue weighted by atomic mass is 9.95. The Balaban J connectivity index is 1.73. The minimum absolute atomic E-state index is 0.000951. The van der Waals surface area contributed by atoms with Crippen LogP contribution in [0.15, 0.2) is 30.3 Å². The number of hydrogen-bond acceptors (Lipinski definition) is 4. The van der Waals surface area contributed by atoms with E-state index in [0.29, 0.717) is 10.1 Å². The first-order valence-corrected chi connectivity index (χ1v) is 9.54. The number of hydrogen-bond donors (Lipinski definition) is 1. The van der Waals surface area contributed by atoms with Gasteiger partial charge in [0.15, 0.2) is 5.69 Å². The fourth-order valence-corrected chi connectivity index (χ4v) is 3.54. The van der Waals surface area contributed by atoms with E-state index in [-0.39, 0.29) is 23.3 Å². The summed E-state index contributed by atoms with van der Waals surface area (Å²) >= 11 is 0. The maximum absolute atomic E-state index is 13.6. The smallest absolute Gasteiger partial charge is 0.347 e. The molecule has 3 aromatic rings. The van der Waals surface area contributed by atoms with Gasteiger partial charge in [0.25, 0.3) is 11.7 Å². The van der Waals surface area contributed by atoms with Gasteiger partial charge in [-0.25, -0.2) is 4.98 Å². The maximum atomic E-state index is 13.6. The molecule has 1 aliphatic carbocycles. The third-order valence-corrected chi connectivity index (χ3v) is 5.09. The van der Waals surface area contributed by atoms with Gasteiger partial charge in [-0.05, 0) is 25.8 Å². The Morgan fingerprint density at radius 3 is 2.45 bits per heavy atom. The summed E-state index contributed by atoms with van der Waals surface area (Å²) in [6.07, 6.45) is 0.184. The summed E-state index contributed by atoms with van der Waals surface area (Å²) < 4.78 is 41.5. The van der Waals surface area contributed by atoms with Crippen molar-refractivity contribution in [2.45, 2.75) is 51.2 Å². The molecule has 1 aromatic carbocycles. The molecule has 0 unspecified atom stereocenters. The van der Waals surface area contributed by atoms with Crippen LogP contribution in [0.2, 0.25) is 0 Å². The molecular weight excluding hydrogens is 383 g/mol. The number of alkyl halides is 3. The van der Waals surface area contributed by atoms with Crippen LogP contribution in [0.1, 0.15) is 54.0 Å². The summed E-state index contributed by atoms with van der Waals surface area (Å²) in [5.41, 5.74) is 0.605. The number of aromatic nitrogens is 4. The molecule has 1 fully saturated rings. The van der Waals surface area contributed by atoms with Crippen molar-refractivity contribution in [2.24, 2.45) is 0 Å². The highest BCUT2D eigenvalue weighted by atomic mass is 19.4. The van der Waals surface area contributed by atoms with Crippen LogP contribution in [0, 0.1) is 6.92 Å². The van der Waals surface area contributed by atoms with Crippen LogP contribution in [0.4, 0.5) is 13.2 Å². The molecule has 2 aromatic heterocycles. The van der Waals surface area contributed by atoms with E-state index in [1.54, 1.807) is 24.3 Å². The predicted octanol–water partition coefficient (Wildman–Crippen LogP) is 4.18. The highest BCUT2D eigenvalue weighted by Gasteiger charge is 2.36. The lowest BCUT2D eigenvalue weighted by Gasteiger charge is -2.21. The van der Waals surface area contributed by atoms with Crippen LogP contribution in [-0.4, -0.2) is 31.5 Å². The molecule has 2 heterocycles. The number of halogens is 3. The maximum Gasteiger partial charge on any atom is 0.433 e. The van der Waals surface area contributed by atoms with Crippen molar-refractivity contribution in [1.29, 1.82) is 0 Å². The Morgan fingerprint density at radius 2 is 1.79 bits per heavy atom. The Morgan fingerprint density at radius 1 is 1.10 bits per heavy atom. The van der Waals surface area contributed by atoms with Gasteiger partial charge in [0.1, 0.15) is 0 Å². The molecule has 0 atom stereocenters. The Bertz CT molecular complexity index is 1040. The van der Waals surface area contributed by atoms with Crippen LogP contribution >= 0.6 is 0 Å². The summed E-state index contributed by atoms with van der Waals surface area (Å²) in [6, 6.07) is 7.90. The predicted molar refractivity (Wildman–Crippen MR) is 100 cm³/mol. The molecule has 0 aliphatic heterocycles. The number of aryl methyl sites for hydroxylation is 1. The quantitative estimate of drug-likeness (QED) is 0.712. The molecule has 6 nitrogen and oxygen atoms in total. The fraction of sp³-hybridized carbons (Fsp3) is 0.400. The van der Waals surface area contributed by atoms with E-state index in [2.05, 4.69) is 20.4 Å². The van der Waals surface area contributed by atoms with Crippen LogP contribution < -0.4 is 5.32 Å². The van der Waals surface area contributed by atoms with Crippen molar-refractivity contribution < 1.29 is 18.0 Å². The Labute approximate surface area is 165 Å². The zero-order valence-corrected chi connectivity index (χ0v) is 15.8. The second-order valence-corrected chi connectivity index (χ2v) is 7.35. The normalized spacial score (nSPS) is 15.6. The van der Waals surface area contributed by atoms with Gasteiger partial charge in [-0.1, -0.05) is 49.1 Å². The van der Waals surface area contributed by atoms with Gasteiger partial charge in [0.2, 0.25) is 5.82 Å². The van der Waals surface area contributed by atoms with Crippen LogP contribution in [0.5, 0.6) is 0 Å². The zero-order chi connectivity index (χ0) is 20.6. The van der Waals surface area contributed by atoms with E-state index in [1.807, 2.05) is 6.92 Å².